The van der Waals surface area contributed by atoms with Crippen molar-refractivity contribution in [1.82, 2.24) is 9.38 Å². The van der Waals surface area contributed by atoms with Crippen molar-refractivity contribution >= 4 is 17.1 Å². The van der Waals surface area contributed by atoms with Crippen LogP contribution in [0, 0.1) is 6.92 Å². The number of imidazole rings is 1. The first-order valence-corrected chi connectivity index (χ1v) is 5.35. The van der Waals surface area contributed by atoms with Gasteiger partial charge in [-0.2, -0.15) is 0 Å². The normalized spacial score (nSPS) is 13.3. The van der Waals surface area contributed by atoms with Gasteiger partial charge in [-0.15, -0.1) is 0 Å². The molecule has 0 aliphatic carbocycles. The van der Waals surface area contributed by atoms with Gasteiger partial charge in [0.05, 0.1) is 5.52 Å². The van der Waals surface area contributed by atoms with Gasteiger partial charge < -0.3 is 10.1 Å². The quantitative estimate of drug-likeness (QED) is 0.850. The molecule has 4 heteroatoms. The first-order valence-electron chi connectivity index (χ1n) is 4.97. The van der Waals surface area contributed by atoms with E-state index in [-0.39, 0.29) is 0 Å². The molecule has 0 fully saturated rings. The number of rotatable bonds is 2. The minimum Gasteiger partial charge on any atom is -0.330 e. The summed E-state index contributed by atoms with van der Waals surface area (Å²) in [5, 5.41) is 0.555. The summed E-state index contributed by atoms with van der Waals surface area (Å²) in [5.41, 5.74) is 7.80. The number of hydrogen-bond acceptors (Lipinski definition) is 2. The van der Waals surface area contributed by atoms with Gasteiger partial charge in [0, 0.05) is 6.20 Å². The highest BCUT2D eigenvalue weighted by Crippen LogP contribution is 2.21. The number of fused-ring (bicyclic) bond motifs is 1. The van der Waals surface area contributed by atoms with Crippen LogP contribution in [0.2, 0.25) is 5.15 Å². The maximum Gasteiger partial charge on any atom is 0.155 e. The molecule has 1 unspecified atom stereocenters. The average Bonchev–Trinajstić information content (AvgIpc) is 2.53. The highest BCUT2D eigenvalue weighted by molar-refractivity contribution is 6.32. The van der Waals surface area contributed by atoms with Gasteiger partial charge in [-0.25, -0.2) is 4.98 Å². The number of nitrogens with zero attached hydrogens (tertiary/aromatic N) is 2. The van der Waals surface area contributed by atoms with Crippen LogP contribution in [0.3, 0.4) is 0 Å². The van der Waals surface area contributed by atoms with Crippen LogP contribution in [-0.4, -0.2) is 15.9 Å². The standard InChI is InChI=1S/C11H14ClN3/c1-7(5-13)9-3-4-10-11(12)14-8(2)15(10)6-9/h3-4,6-7H,5,13H2,1-2H3. The van der Waals surface area contributed by atoms with Crippen molar-refractivity contribution in [1.29, 1.82) is 0 Å². The lowest BCUT2D eigenvalue weighted by Gasteiger charge is -2.09. The molecule has 0 saturated carbocycles. The zero-order valence-electron chi connectivity index (χ0n) is 8.87. The molecule has 2 aromatic heterocycles. The van der Waals surface area contributed by atoms with Gasteiger partial charge in [0.1, 0.15) is 5.82 Å². The van der Waals surface area contributed by atoms with Crippen molar-refractivity contribution in [2.24, 2.45) is 5.73 Å². The topological polar surface area (TPSA) is 43.3 Å². The monoisotopic (exact) mass is 223 g/mol. The largest absolute Gasteiger partial charge is 0.330 e. The summed E-state index contributed by atoms with van der Waals surface area (Å²) in [6.45, 7) is 4.69. The Balaban J connectivity index is 2.60. The Bertz CT molecular complexity index is 490. The summed E-state index contributed by atoms with van der Waals surface area (Å²) in [7, 11) is 0. The highest BCUT2D eigenvalue weighted by atomic mass is 35.5. The van der Waals surface area contributed by atoms with Gasteiger partial charge >= 0.3 is 0 Å². The van der Waals surface area contributed by atoms with Gasteiger partial charge in [0.15, 0.2) is 5.15 Å². The maximum atomic E-state index is 5.99. The molecule has 3 nitrogen and oxygen atoms in total. The Morgan fingerprint density at radius 1 is 1.53 bits per heavy atom. The van der Waals surface area contributed by atoms with Crippen molar-refractivity contribution in [2.75, 3.05) is 6.54 Å². The molecule has 0 radical (unpaired) electrons. The number of pyridine rings is 1. The summed E-state index contributed by atoms with van der Waals surface area (Å²) < 4.78 is 2.00. The van der Waals surface area contributed by atoms with Crippen LogP contribution >= 0.6 is 11.6 Å². The van der Waals surface area contributed by atoms with Crippen LogP contribution in [0.1, 0.15) is 24.2 Å². The van der Waals surface area contributed by atoms with Crippen LogP contribution in [-0.2, 0) is 0 Å². The van der Waals surface area contributed by atoms with Crippen molar-refractivity contribution in [3.05, 3.63) is 34.9 Å². The molecule has 0 amide bonds. The smallest absolute Gasteiger partial charge is 0.155 e. The molecule has 0 aliphatic rings. The van der Waals surface area contributed by atoms with Gasteiger partial charge in [-0.1, -0.05) is 24.6 Å². The Morgan fingerprint density at radius 2 is 2.27 bits per heavy atom. The van der Waals surface area contributed by atoms with Crippen molar-refractivity contribution in [2.45, 2.75) is 19.8 Å². The number of aryl methyl sites for hydroxylation is 1. The Kier molecular flexibility index (Phi) is 2.67. The third-order valence-corrected chi connectivity index (χ3v) is 2.99. The second-order valence-electron chi connectivity index (χ2n) is 3.80. The first-order chi connectivity index (χ1) is 7.13. The van der Waals surface area contributed by atoms with Gasteiger partial charge in [-0.3, -0.25) is 0 Å². The molecule has 0 spiro atoms. The Hall–Kier alpha value is -1.06. The van der Waals surface area contributed by atoms with E-state index in [1.54, 1.807) is 0 Å². The summed E-state index contributed by atoms with van der Waals surface area (Å²) in [4.78, 5) is 4.21. The molecule has 0 saturated heterocycles. The highest BCUT2D eigenvalue weighted by Gasteiger charge is 2.08. The molecule has 2 aromatic rings. The fraction of sp³-hybridized carbons (Fsp3) is 0.364. The third kappa shape index (κ3) is 1.73. The Morgan fingerprint density at radius 3 is 2.93 bits per heavy atom. The molecule has 1 atom stereocenters. The molecule has 0 aliphatic heterocycles. The summed E-state index contributed by atoms with van der Waals surface area (Å²) in [6.07, 6.45) is 2.06. The molecular formula is C11H14ClN3. The molecule has 0 aromatic carbocycles. The van der Waals surface area contributed by atoms with Gasteiger partial charge in [-0.05, 0) is 31.0 Å². The van der Waals surface area contributed by atoms with E-state index in [2.05, 4.69) is 24.2 Å². The molecule has 2 N–H and O–H groups in total. The van der Waals surface area contributed by atoms with Crippen molar-refractivity contribution < 1.29 is 0 Å². The average molecular weight is 224 g/mol. The van der Waals surface area contributed by atoms with Crippen molar-refractivity contribution in [3.8, 4) is 0 Å². The molecule has 2 heterocycles. The van der Waals surface area contributed by atoms with Gasteiger partial charge in [0.25, 0.3) is 0 Å². The molecule has 15 heavy (non-hydrogen) atoms. The SMILES string of the molecule is Cc1nc(Cl)c2ccc(C(C)CN)cn12. The predicted octanol–water partition coefficient (Wildman–Crippen LogP) is 2.36. The first kappa shape index (κ1) is 10.5. The van der Waals surface area contributed by atoms with Gasteiger partial charge in [0.2, 0.25) is 0 Å². The van der Waals surface area contributed by atoms with Crippen LogP contribution in [0.25, 0.3) is 5.52 Å². The Labute approximate surface area is 93.9 Å². The molecular weight excluding hydrogens is 210 g/mol. The van der Waals surface area contributed by atoms with E-state index >= 15 is 0 Å². The zero-order valence-corrected chi connectivity index (χ0v) is 9.62. The van der Waals surface area contributed by atoms with Crippen LogP contribution in [0.5, 0.6) is 0 Å². The maximum absolute atomic E-state index is 5.99. The van der Waals surface area contributed by atoms with E-state index in [4.69, 9.17) is 17.3 Å². The van der Waals surface area contributed by atoms with E-state index in [1.165, 1.54) is 5.56 Å². The lowest BCUT2D eigenvalue weighted by atomic mass is 10.0. The minimum absolute atomic E-state index is 0.356. The second-order valence-corrected chi connectivity index (χ2v) is 4.16. The lowest BCUT2D eigenvalue weighted by molar-refractivity contribution is 0.766. The fourth-order valence-corrected chi connectivity index (χ4v) is 1.91. The van der Waals surface area contributed by atoms with E-state index in [1.807, 2.05) is 17.4 Å². The van der Waals surface area contributed by atoms with Crippen LogP contribution in [0.4, 0.5) is 0 Å². The fourth-order valence-electron chi connectivity index (χ4n) is 1.63. The van der Waals surface area contributed by atoms with Crippen LogP contribution < -0.4 is 5.73 Å². The molecule has 80 valence electrons. The molecule has 0 bridgehead atoms. The zero-order chi connectivity index (χ0) is 11.0. The number of halogens is 1. The van der Waals surface area contributed by atoms with E-state index in [9.17, 15) is 0 Å². The summed E-state index contributed by atoms with van der Waals surface area (Å²) in [6, 6.07) is 4.05. The molecule has 2 rings (SSSR count). The van der Waals surface area contributed by atoms with E-state index < -0.39 is 0 Å². The second kappa shape index (κ2) is 3.83. The van der Waals surface area contributed by atoms with E-state index in [0.29, 0.717) is 17.6 Å². The minimum atomic E-state index is 0.356. The van der Waals surface area contributed by atoms with E-state index in [0.717, 1.165) is 11.3 Å². The number of hydrogen-bond donors (Lipinski definition) is 1. The summed E-state index contributed by atoms with van der Waals surface area (Å²) >= 11 is 5.99. The predicted molar refractivity (Wildman–Crippen MR) is 62.4 cm³/mol. The van der Waals surface area contributed by atoms with Crippen molar-refractivity contribution in [3.63, 3.8) is 0 Å². The van der Waals surface area contributed by atoms with Crippen LogP contribution in [0.15, 0.2) is 18.3 Å². The lowest BCUT2D eigenvalue weighted by Crippen LogP contribution is -2.09. The third-order valence-electron chi connectivity index (χ3n) is 2.71. The summed E-state index contributed by atoms with van der Waals surface area (Å²) in [5.74, 6) is 1.26. The number of nitrogens with two attached hydrogens (primary N) is 1. The number of aromatic nitrogens is 2.